The number of nitrogens with two attached hydrogens (primary N) is 1. The van der Waals surface area contributed by atoms with E-state index in [0.717, 1.165) is 12.8 Å². The van der Waals surface area contributed by atoms with Crippen molar-refractivity contribution in [1.82, 2.24) is 5.32 Å². The van der Waals surface area contributed by atoms with Crippen LogP contribution in [0.5, 0.6) is 0 Å². The van der Waals surface area contributed by atoms with Crippen molar-refractivity contribution in [2.75, 3.05) is 20.3 Å². The molecule has 4 nitrogen and oxygen atoms in total. The minimum atomic E-state index is 0.0325. The second kappa shape index (κ2) is 8.01. The van der Waals surface area contributed by atoms with Gasteiger partial charge >= 0.3 is 0 Å². The Morgan fingerprint density at radius 3 is 2.85 bits per heavy atom. The minimum Gasteiger partial charge on any atom is -0.384 e. The number of methoxy groups -OCH3 is 1. The first kappa shape index (κ1) is 12.4. The van der Waals surface area contributed by atoms with Gasteiger partial charge < -0.3 is 15.8 Å². The highest BCUT2D eigenvalue weighted by Crippen LogP contribution is 1.91. The number of hydrogen-bond donors (Lipinski definition) is 2. The highest BCUT2D eigenvalue weighted by Gasteiger charge is 2.01. The van der Waals surface area contributed by atoms with Crippen LogP contribution in [0.15, 0.2) is 0 Å². The zero-order valence-electron chi connectivity index (χ0n) is 8.51. The second-order valence-electron chi connectivity index (χ2n) is 3.05. The van der Waals surface area contributed by atoms with Crippen LogP contribution >= 0.6 is 0 Å². The first-order chi connectivity index (χ1) is 6.20. The maximum absolute atomic E-state index is 11.0. The van der Waals surface area contributed by atoms with Gasteiger partial charge in [-0.2, -0.15) is 0 Å². The lowest BCUT2D eigenvalue weighted by atomic mass is 10.2. The monoisotopic (exact) mass is 188 g/mol. The molecule has 13 heavy (non-hydrogen) atoms. The zero-order chi connectivity index (χ0) is 10.1. The van der Waals surface area contributed by atoms with E-state index in [1.165, 1.54) is 0 Å². The molecule has 0 aromatic carbocycles. The van der Waals surface area contributed by atoms with Gasteiger partial charge in [-0.3, -0.25) is 4.79 Å². The average molecular weight is 188 g/mol. The number of hydrogen-bond acceptors (Lipinski definition) is 3. The van der Waals surface area contributed by atoms with Gasteiger partial charge in [0.2, 0.25) is 5.91 Å². The van der Waals surface area contributed by atoms with Crippen LogP contribution in [0.3, 0.4) is 0 Å². The summed E-state index contributed by atoms with van der Waals surface area (Å²) >= 11 is 0. The lowest BCUT2D eigenvalue weighted by Gasteiger charge is -2.09. The zero-order valence-corrected chi connectivity index (χ0v) is 8.51. The summed E-state index contributed by atoms with van der Waals surface area (Å²) in [5, 5.41) is 2.78. The van der Waals surface area contributed by atoms with Crippen LogP contribution in [0, 0.1) is 0 Å². The predicted molar refractivity (Wildman–Crippen MR) is 52.4 cm³/mol. The van der Waals surface area contributed by atoms with Gasteiger partial charge in [0, 0.05) is 26.1 Å². The minimum absolute atomic E-state index is 0.0325. The maximum Gasteiger partial charge on any atom is 0.222 e. The summed E-state index contributed by atoms with van der Waals surface area (Å²) in [5.41, 5.74) is 5.68. The van der Waals surface area contributed by atoms with Gasteiger partial charge in [-0.1, -0.05) is 6.92 Å². The summed E-state index contributed by atoms with van der Waals surface area (Å²) in [6.45, 7) is 3.18. The fraction of sp³-hybridized carbons (Fsp3) is 0.889. The summed E-state index contributed by atoms with van der Waals surface area (Å²) in [6, 6.07) is 0.197. The number of carbonyl (C=O) groups excluding carboxylic acids is 1. The Kier molecular flexibility index (Phi) is 7.63. The molecule has 0 saturated heterocycles. The molecule has 0 heterocycles. The molecule has 0 spiro atoms. The maximum atomic E-state index is 11.0. The summed E-state index contributed by atoms with van der Waals surface area (Å²) in [4.78, 5) is 11.0. The number of amides is 1. The van der Waals surface area contributed by atoms with Crippen molar-refractivity contribution in [2.45, 2.75) is 32.2 Å². The van der Waals surface area contributed by atoms with Crippen LogP contribution in [0.1, 0.15) is 26.2 Å². The van der Waals surface area contributed by atoms with Crippen molar-refractivity contribution in [3.05, 3.63) is 0 Å². The van der Waals surface area contributed by atoms with E-state index in [1.54, 1.807) is 7.11 Å². The topological polar surface area (TPSA) is 64.3 Å². The van der Waals surface area contributed by atoms with Gasteiger partial charge in [0.05, 0.1) is 6.61 Å². The van der Waals surface area contributed by atoms with Crippen LogP contribution in [0.4, 0.5) is 0 Å². The summed E-state index contributed by atoms with van der Waals surface area (Å²) in [6.07, 6.45) is 2.22. The average Bonchev–Trinajstić information content (AvgIpc) is 2.14. The first-order valence-corrected chi connectivity index (χ1v) is 4.72. The molecule has 0 radical (unpaired) electrons. The van der Waals surface area contributed by atoms with Crippen molar-refractivity contribution in [3.8, 4) is 0 Å². The van der Waals surface area contributed by atoms with Crippen molar-refractivity contribution in [1.29, 1.82) is 0 Å². The van der Waals surface area contributed by atoms with Gasteiger partial charge in [0.15, 0.2) is 0 Å². The third kappa shape index (κ3) is 7.74. The van der Waals surface area contributed by atoms with Crippen LogP contribution in [0.25, 0.3) is 0 Å². The van der Waals surface area contributed by atoms with E-state index in [0.29, 0.717) is 19.6 Å². The lowest BCUT2D eigenvalue weighted by molar-refractivity contribution is -0.121. The van der Waals surface area contributed by atoms with E-state index in [2.05, 4.69) is 5.32 Å². The van der Waals surface area contributed by atoms with E-state index in [-0.39, 0.29) is 11.9 Å². The van der Waals surface area contributed by atoms with Crippen molar-refractivity contribution in [2.24, 2.45) is 5.73 Å². The largest absolute Gasteiger partial charge is 0.384 e. The molecule has 3 N–H and O–H groups in total. The number of nitrogens with one attached hydrogen (secondary N) is 1. The molecule has 0 aliphatic heterocycles. The van der Waals surface area contributed by atoms with Crippen LogP contribution in [-0.2, 0) is 9.53 Å². The molecule has 0 aliphatic carbocycles. The summed E-state index contributed by atoms with van der Waals surface area (Å²) in [7, 11) is 1.58. The van der Waals surface area contributed by atoms with Gasteiger partial charge in [0.1, 0.15) is 0 Å². The highest BCUT2D eigenvalue weighted by molar-refractivity contribution is 5.75. The molecule has 0 aromatic heterocycles. The Morgan fingerprint density at radius 2 is 2.31 bits per heavy atom. The quantitative estimate of drug-likeness (QED) is 0.602. The summed E-state index contributed by atoms with van der Waals surface area (Å²) < 4.78 is 4.78. The first-order valence-electron chi connectivity index (χ1n) is 4.72. The molecule has 1 atom stereocenters. The smallest absolute Gasteiger partial charge is 0.222 e. The second-order valence-corrected chi connectivity index (χ2v) is 3.05. The van der Waals surface area contributed by atoms with Crippen LogP contribution < -0.4 is 11.1 Å². The van der Waals surface area contributed by atoms with Gasteiger partial charge in [-0.25, -0.2) is 0 Å². The number of rotatable bonds is 7. The fourth-order valence-electron chi connectivity index (χ4n) is 0.884. The molecule has 0 aliphatic rings. The molecule has 78 valence electrons. The molecule has 0 bridgehead atoms. The normalized spacial score (nSPS) is 12.5. The van der Waals surface area contributed by atoms with E-state index in [1.807, 2.05) is 6.92 Å². The molecule has 4 heteroatoms. The van der Waals surface area contributed by atoms with E-state index in [4.69, 9.17) is 10.5 Å². The van der Waals surface area contributed by atoms with Gasteiger partial charge in [-0.05, 0) is 12.8 Å². The predicted octanol–water partition coefficient (Wildman–Crippen LogP) is 0.267. The standard InChI is InChI=1S/C9H20N2O2/c1-3-8(10)4-6-11-9(12)5-7-13-2/h8H,3-7,10H2,1-2H3,(H,11,12). The van der Waals surface area contributed by atoms with Crippen molar-refractivity contribution < 1.29 is 9.53 Å². The molecular formula is C9H20N2O2. The third-order valence-corrected chi connectivity index (χ3v) is 1.89. The SMILES string of the molecule is CCC(N)CCNC(=O)CCOC. The Balaban J connectivity index is 3.26. The van der Waals surface area contributed by atoms with Crippen molar-refractivity contribution >= 4 is 5.91 Å². The molecule has 0 aromatic rings. The molecular weight excluding hydrogens is 168 g/mol. The Labute approximate surface area is 79.8 Å². The molecule has 0 rings (SSSR count). The molecule has 0 fully saturated rings. The third-order valence-electron chi connectivity index (χ3n) is 1.89. The highest BCUT2D eigenvalue weighted by atomic mass is 16.5. The summed E-state index contributed by atoms with van der Waals surface area (Å²) in [5.74, 6) is 0.0325. The van der Waals surface area contributed by atoms with E-state index >= 15 is 0 Å². The number of carbonyl (C=O) groups is 1. The fourth-order valence-corrected chi connectivity index (χ4v) is 0.884. The van der Waals surface area contributed by atoms with E-state index in [9.17, 15) is 4.79 Å². The number of ether oxygens (including phenoxy) is 1. The molecule has 0 saturated carbocycles. The van der Waals surface area contributed by atoms with Crippen LogP contribution in [-0.4, -0.2) is 32.2 Å². The Bertz CT molecular complexity index is 140. The van der Waals surface area contributed by atoms with Gasteiger partial charge in [0.25, 0.3) is 0 Å². The lowest BCUT2D eigenvalue weighted by Crippen LogP contribution is -2.30. The molecule has 1 amide bonds. The van der Waals surface area contributed by atoms with Crippen molar-refractivity contribution in [3.63, 3.8) is 0 Å². The van der Waals surface area contributed by atoms with E-state index < -0.39 is 0 Å². The van der Waals surface area contributed by atoms with Gasteiger partial charge in [-0.15, -0.1) is 0 Å². The molecule has 1 unspecified atom stereocenters. The Morgan fingerprint density at radius 1 is 1.62 bits per heavy atom. The Hall–Kier alpha value is -0.610. The van der Waals surface area contributed by atoms with Crippen LogP contribution in [0.2, 0.25) is 0 Å².